The highest BCUT2D eigenvalue weighted by Crippen LogP contribution is 2.30. The number of rotatable bonds is 9. The van der Waals surface area contributed by atoms with Crippen LogP contribution in [0.3, 0.4) is 0 Å². The topological polar surface area (TPSA) is 78.7 Å². The summed E-state index contributed by atoms with van der Waals surface area (Å²) in [6.45, 7) is 4.16. The van der Waals surface area contributed by atoms with Crippen molar-refractivity contribution in [1.29, 1.82) is 0 Å². The highest BCUT2D eigenvalue weighted by atomic mass is 35.5. The van der Waals surface area contributed by atoms with Crippen LogP contribution in [-0.2, 0) is 29.2 Å². The Bertz CT molecular complexity index is 1550. The third-order valence-electron chi connectivity index (χ3n) is 7.93. The van der Waals surface area contributed by atoms with Crippen molar-refractivity contribution in [3.63, 3.8) is 0 Å². The first-order chi connectivity index (χ1) is 20.0. The van der Waals surface area contributed by atoms with E-state index >= 15 is 0 Å². The van der Waals surface area contributed by atoms with Crippen molar-refractivity contribution in [2.24, 2.45) is 0 Å². The predicted octanol–water partition coefficient (Wildman–Crippen LogP) is 5.76. The Hall–Kier alpha value is -3.53. The molecule has 0 amide bonds. The molecule has 0 unspecified atom stereocenters. The van der Waals surface area contributed by atoms with Gasteiger partial charge in [0, 0.05) is 34.9 Å². The van der Waals surface area contributed by atoms with E-state index in [0.717, 1.165) is 68.1 Å². The van der Waals surface area contributed by atoms with E-state index < -0.39 is 5.82 Å². The summed E-state index contributed by atoms with van der Waals surface area (Å²) in [6, 6.07) is 15.9. The van der Waals surface area contributed by atoms with Gasteiger partial charge >= 0.3 is 5.97 Å². The molecule has 2 aromatic heterocycles. The van der Waals surface area contributed by atoms with Gasteiger partial charge in [0.25, 0.3) is 0 Å². The molecule has 4 aromatic rings. The number of methoxy groups -OCH3 is 1. The zero-order valence-corrected chi connectivity index (χ0v) is 23.6. The lowest BCUT2D eigenvalue weighted by molar-refractivity contribution is -0.0592. The molecule has 2 saturated heterocycles. The van der Waals surface area contributed by atoms with E-state index in [1.54, 1.807) is 30.3 Å². The maximum Gasteiger partial charge on any atom is 0.337 e. The number of benzene rings is 2. The second-order valence-electron chi connectivity index (χ2n) is 10.6. The van der Waals surface area contributed by atoms with E-state index in [1.165, 1.54) is 13.2 Å². The third kappa shape index (κ3) is 6.22. The number of ether oxygens (including phenoxy) is 3. The molecule has 10 heteroatoms. The van der Waals surface area contributed by atoms with Gasteiger partial charge in [-0.15, -0.1) is 0 Å². The standard InChI is InChI=1S/C31H32ClFN4O4/c1-39-31(38)21-6-8-28-27(15-21)34-29(37(28)17-24-11-14-40-24)18-36-12-9-20(10-13-36)26-3-2-4-30(35-26)41-19-22-5-7-23(32)16-25(22)33/h2-8,15-16,20,24H,9-14,17-19H2,1H3/t24-/m0/s1. The summed E-state index contributed by atoms with van der Waals surface area (Å²) in [5, 5.41) is 0.357. The van der Waals surface area contributed by atoms with Crippen molar-refractivity contribution < 1.29 is 23.4 Å². The van der Waals surface area contributed by atoms with Crippen molar-refractivity contribution in [3.8, 4) is 5.88 Å². The van der Waals surface area contributed by atoms with Gasteiger partial charge in [0.15, 0.2) is 0 Å². The second-order valence-corrected chi connectivity index (χ2v) is 11.0. The number of hydrogen-bond acceptors (Lipinski definition) is 7. The first kappa shape index (κ1) is 27.6. The van der Waals surface area contributed by atoms with Gasteiger partial charge in [0.1, 0.15) is 18.2 Å². The van der Waals surface area contributed by atoms with Crippen LogP contribution < -0.4 is 4.74 Å². The molecule has 0 spiro atoms. The Morgan fingerprint density at radius 1 is 1.10 bits per heavy atom. The number of pyridine rings is 1. The van der Waals surface area contributed by atoms with Crippen molar-refractivity contribution in [3.05, 3.63) is 88.1 Å². The van der Waals surface area contributed by atoms with E-state index in [9.17, 15) is 9.18 Å². The van der Waals surface area contributed by atoms with Gasteiger partial charge in [0.2, 0.25) is 5.88 Å². The molecule has 6 rings (SSSR count). The Morgan fingerprint density at radius 3 is 2.66 bits per heavy atom. The molecule has 8 nitrogen and oxygen atoms in total. The molecule has 214 valence electrons. The lowest BCUT2D eigenvalue weighted by Gasteiger charge is -2.32. The minimum absolute atomic E-state index is 0.0892. The molecule has 0 radical (unpaired) electrons. The first-order valence-electron chi connectivity index (χ1n) is 13.9. The van der Waals surface area contributed by atoms with Gasteiger partial charge in [-0.1, -0.05) is 23.7 Å². The minimum Gasteiger partial charge on any atom is -0.473 e. The number of esters is 1. The van der Waals surface area contributed by atoms with Gasteiger partial charge < -0.3 is 18.8 Å². The summed E-state index contributed by atoms with van der Waals surface area (Å²) >= 11 is 5.85. The quantitative estimate of drug-likeness (QED) is 0.234. The predicted molar refractivity (Wildman–Crippen MR) is 153 cm³/mol. The number of aromatic nitrogens is 3. The number of likely N-dealkylation sites (tertiary alicyclic amines) is 1. The summed E-state index contributed by atoms with van der Waals surface area (Å²) in [6.07, 6.45) is 3.14. The Kier molecular flexibility index (Phi) is 8.18. The summed E-state index contributed by atoms with van der Waals surface area (Å²) in [5.41, 5.74) is 3.71. The zero-order valence-electron chi connectivity index (χ0n) is 22.9. The molecule has 0 saturated carbocycles. The molecule has 41 heavy (non-hydrogen) atoms. The van der Waals surface area contributed by atoms with E-state index in [2.05, 4.69) is 9.47 Å². The second kappa shape index (κ2) is 12.1. The van der Waals surface area contributed by atoms with Gasteiger partial charge in [-0.25, -0.2) is 19.2 Å². The van der Waals surface area contributed by atoms with Crippen molar-refractivity contribution >= 4 is 28.6 Å². The average molecular weight is 579 g/mol. The highest BCUT2D eigenvalue weighted by Gasteiger charge is 2.26. The number of imidazole rings is 1. The normalized spacial score (nSPS) is 17.9. The van der Waals surface area contributed by atoms with Crippen LogP contribution in [0.25, 0.3) is 11.0 Å². The van der Waals surface area contributed by atoms with Crippen LogP contribution >= 0.6 is 11.6 Å². The molecule has 2 fully saturated rings. The summed E-state index contributed by atoms with van der Waals surface area (Å²) < 4.78 is 32.8. The summed E-state index contributed by atoms with van der Waals surface area (Å²) in [5.74, 6) is 1.01. The van der Waals surface area contributed by atoms with Crippen LogP contribution in [0.2, 0.25) is 5.02 Å². The summed E-state index contributed by atoms with van der Waals surface area (Å²) in [7, 11) is 1.38. The zero-order chi connectivity index (χ0) is 28.3. The number of piperidine rings is 1. The maximum atomic E-state index is 14.1. The molecule has 0 N–H and O–H groups in total. The third-order valence-corrected chi connectivity index (χ3v) is 8.17. The molecule has 2 aliphatic rings. The van der Waals surface area contributed by atoms with Crippen molar-refractivity contribution in [2.45, 2.75) is 51.0 Å². The average Bonchev–Trinajstić information content (AvgIpc) is 3.30. The largest absolute Gasteiger partial charge is 0.473 e. The van der Waals surface area contributed by atoms with Gasteiger partial charge in [-0.2, -0.15) is 0 Å². The van der Waals surface area contributed by atoms with E-state index in [0.29, 0.717) is 34.5 Å². The van der Waals surface area contributed by atoms with Gasteiger partial charge in [-0.05, 0) is 68.8 Å². The molecular weight excluding hydrogens is 547 g/mol. The number of hydrogen-bond donors (Lipinski definition) is 0. The van der Waals surface area contributed by atoms with Gasteiger partial charge in [-0.3, -0.25) is 4.90 Å². The van der Waals surface area contributed by atoms with Crippen LogP contribution in [0, 0.1) is 5.82 Å². The van der Waals surface area contributed by atoms with Crippen LogP contribution in [-0.4, -0.2) is 58.3 Å². The number of carbonyl (C=O) groups excluding carboxylic acids is 1. The molecule has 2 aliphatic heterocycles. The molecular formula is C31H32ClFN4O4. The highest BCUT2D eigenvalue weighted by molar-refractivity contribution is 6.30. The van der Waals surface area contributed by atoms with Crippen LogP contribution in [0.4, 0.5) is 4.39 Å². The molecule has 0 aliphatic carbocycles. The van der Waals surface area contributed by atoms with Crippen molar-refractivity contribution in [2.75, 3.05) is 26.8 Å². The smallest absolute Gasteiger partial charge is 0.337 e. The molecule has 2 aromatic carbocycles. The fraction of sp³-hybridized carbons (Fsp3) is 0.387. The number of carbonyl (C=O) groups is 1. The Morgan fingerprint density at radius 2 is 1.93 bits per heavy atom. The van der Waals surface area contributed by atoms with Crippen LogP contribution in [0.1, 0.15) is 52.6 Å². The number of fused-ring (bicyclic) bond motifs is 1. The first-order valence-corrected chi connectivity index (χ1v) is 14.3. The van der Waals surface area contributed by atoms with Crippen LogP contribution in [0.15, 0.2) is 54.6 Å². The SMILES string of the molecule is COC(=O)c1ccc2c(c1)nc(CN1CCC(c3cccc(OCc4ccc(Cl)cc4F)n3)CC1)n2C[C@@H]1CCO1. The minimum atomic E-state index is -0.390. The van der Waals surface area contributed by atoms with Crippen LogP contribution in [0.5, 0.6) is 5.88 Å². The Balaban J connectivity index is 1.11. The molecule has 1 atom stereocenters. The maximum absolute atomic E-state index is 14.1. The van der Waals surface area contributed by atoms with E-state index in [-0.39, 0.29) is 18.7 Å². The van der Waals surface area contributed by atoms with E-state index in [1.807, 2.05) is 18.2 Å². The van der Waals surface area contributed by atoms with Gasteiger partial charge in [0.05, 0.1) is 42.9 Å². The monoisotopic (exact) mass is 578 g/mol. The lowest BCUT2D eigenvalue weighted by atomic mass is 9.93. The van der Waals surface area contributed by atoms with Crippen molar-refractivity contribution in [1.82, 2.24) is 19.4 Å². The summed E-state index contributed by atoms with van der Waals surface area (Å²) in [4.78, 5) is 24.2. The number of halogens is 2. The number of nitrogens with zero attached hydrogens (tertiary/aromatic N) is 4. The molecule has 0 bridgehead atoms. The fourth-order valence-corrected chi connectivity index (χ4v) is 5.66. The molecule has 4 heterocycles. The lowest BCUT2D eigenvalue weighted by Crippen LogP contribution is -2.35. The fourth-order valence-electron chi connectivity index (χ4n) is 5.50. The van der Waals surface area contributed by atoms with E-state index in [4.69, 9.17) is 35.8 Å². The Labute approximate surface area is 243 Å².